The number of hydrogen-bond acceptors (Lipinski definition) is 4. The topological polar surface area (TPSA) is 58.2 Å². The molecule has 116 valence electrons. The monoisotopic (exact) mass is 382 g/mol. The molecule has 0 aromatic carbocycles. The highest BCUT2D eigenvalue weighted by Gasteiger charge is 2.20. The van der Waals surface area contributed by atoms with Crippen molar-refractivity contribution in [3.63, 3.8) is 0 Å². The summed E-state index contributed by atoms with van der Waals surface area (Å²) in [5.74, 6) is 0. The van der Waals surface area contributed by atoms with E-state index in [1.54, 1.807) is 6.07 Å². The van der Waals surface area contributed by atoms with E-state index < -0.39 is 10.0 Å². The third-order valence-electron chi connectivity index (χ3n) is 2.87. The first-order valence-corrected chi connectivity index (χ1v) is 10.1. The molecular formula is C13H23BrN2O2S2. The van der Waals surface area contributed by atoms with Crippen LogP contribution in [-0.2, 0) is 16.6 Å². The minimum Gasteiger partial charge on any atom is -0.312 e. The lowest BCUT2D eigenvalue weighted by Gasteiger charge is -2.05. The van der Waals surface area contributed by atoms with Crippen LogP contribution in [0, 0.1) is 0 Å². The number of rotatable bonds is 10. The van der Waals surface area contributed by atoms with Crippen molar-refractivity contribution in [1.29, 1.82) is 0 Å². The van der Waals surface area contributed by atoms with Crippen molar-refractivity contribution >= 4 is 37.3 Å². The maximum Gasteiger partial charge on any atom is 0.242 e. The van der Waals surface area contributed by atoms with Crippen molar-refractivity contribution in [3.8, 4) is 0 Å². The summed E-state index contributed by atoms with van der Waals surface area (Å²) in [6.45, 7) is 6.24. The molecule has 0 spiro atoms. The van der Waals surface area contributed by atoms with Gasteiger partial charge in [0.05, 0.1) is 3.79 Å². The molecule has 0 saturated carbocycles. The Morgan fingerprint density at radius 2 is 2.00 bits per heavy atom. The molecule has 0 bridgehead atoms. The summed E-state index contributed by atoms with van der Waals surface area (Å²) in [5, 5.41) is 3.20. The molecule has 0 fully saturated rings. The van der Waals surface area contributed by atoms with Gasteiger partial charge in [0, 0.05) is 18.0 Å². The SMILES string of the molecule is CCCCCCNS(=O)(=O)c1cc(CNCC)sc1Br. The van der Waals surface area contributed by atoms with Crippen molar-refractivity contribution < 1.29 is 8.42 Å². The third-order valence-corrected chi connectivity index (χ3v) is 6.58. The molecule has 0 aliphatic heterocycles. The van der Waals surface area contributed by atoms with E-state index in [0.29, 0.717) is 21.8 Å². The Morgan fingerprint density at radius 1 is 1.25 bits per heavy atom. The lowest BCUT2D eigenvalue weighted by Crippen LogP contribution is -2.24. The van der Waals surface area contributed by atoms with Crippen LogP contribution in [0.2, 0.25) is 0 Å². The van der Waals surface area contributed by atoms with Gasteiger partial charge in [0.25, 0.3) is 0 Å². The zero-order chi connectivity index (χ0) is 15.0. The van der Waals surface area contributed by atoms with Gasteiger partial charge in [0.1, 0.15) is 4.90 Å². The number of thiophene rings is 1. The summed E-state index contributed by atoms with van der Waals surface area (Å²) in [7, 11) is -3.40. The summed E-state index contributed by atoms with van der Waals surface area (Å²) in [4.78, 5) is 1.37. The molecule has 0 atom stereocenters. The van der Waals surface area contributed by atoms with Gasteiger partial charge >= 0.3 is 0 Å². The van der Waals surface area contributed by atoms with Gasteiger partial charge in [-0.1, -0.05) is 33.1 Å². The van der Waals surface area contributed by atoms with Crippen LogP contribution < -0.4 is 10.0 Å². The molecule has 0 saturated heterocycles. The zero-order valence-corrected chi connectivity index (χ0v) is 15.3. The Morgan fingerprint density at radius 3 is 2.65 bits per heavy atom. The van der Waals surface area contributed by atoms with Crippen molar-refractivity contribution in [2.45, 2.75) is 51.0 Å². The summed E-state index contributed by atoms with van der Waals surface area (Å²) in [6.07, 6.45) is 4.25. The Bertz CT molecular complexity index is 500. The van der Waals surface area contributed by atoms with Crippen LogP contribution >= 0.6 is 27.3 Å². The van der Waals surface area contributed by atoms with Crippen LogP contribution in [0.4, 0.5) is 0 Å². The van der Waals surface area contributed by atoms with E-state index in [9.17, 15) is 8.42 Å². The van der Waals surface area contributed by atoms with Gasteiger partial charge in [-0.05, 0) is 35.0 Å². The van der Waals surface area contributed by atoms with E-state index in [1.807, 2.05) is 6.92 Å². The quantitative estimate of drug-likeness (QED) is 0.608. The van der Waals surface area contributed by atoms with Gasteiger partial charge in [0.15, 0.2) is 0 Å². The first-order valence-electron chi connectivity index (χ1n) is 6.99. The van der Waals surface area contributed by atoms with Crippen LogP contribution in [0.5, 0.6) is 0 Å². The highest BCUT2D eigenvalue weighted by atomic mass is 79.9. The van der Waals surface area contributed by atoms with Crippen LogP contribution in [0.3, 0.4) is 0 Å². The van der Waals surface area contributed by atoms with Gasteiger partial charge in [-0.15, -0.1) is 11.3 Å². The third kappa shape index (κ3) is 5.81. The predicted octanol–water partition coefficient (Wildman–Crippen LogP) is 3.48. The first kappa shape index (κ1) is 18.1. The van der Waals surface area contributed by atoms with E-state index in [2.05, 4.69) is 32.9 Å². The second-order valence-corrected chi connectivity index (χ2v) is 8.78. The molecule has 7 heteroatoms. The lowest BCUT2D eigenvalue weighted by atomic mass is 10.2. The molecule has 1 aromatic heterocycles. The minimum absolute atomic E-state index is 0.353. The van der Waals surface area contributed by atoms with Crippen LogP contribution in [0.15, 0.2) is 14.7 Å². The highest BCUT2D eigenvalue weighted by molar-refractivity contribution is 9.11. The smallest absolute Gasteiger partial charge is 0.242 e. The van der Waals surface area contributed by atoms with Gasteiger partial charge < -0.3 is 5.32 Å². The summed E-state index contributed by atoms with van der Waals surface area (Å²) >= 11 is 4.81. The first-order chi connectivity index (χ1) is 9.51. The Balaban J connectivity index is 2.60. The fourth-order valence-electron chi connectivity index (χ4n) is 1.75. The fraction of sp³-hybridized carbons (Fsp3) is 0.692. The Hall–Kier alpha value is 0.0500. The van der Waals surface area contributed by atoms with Gasteiger partial charge in [0.2, 0.25) is 10.0 Å². The zero-order valence-electron chi connectivity index (χ0n) is 12.0. The highest BCUT2D eigenvalue weighted by Crippen LogP contribution is 2.31. The Kier molecular flexibility index (Phi) is 8.28. The van der Waals surface area contributed by atoms with Crippen LogP contribution in [0.25, 0.3) is 0 Å². The maximum atomic E-state index is 12.2. The summed E-state index contributed by atoms with van der Waals surface area (Å²) < 4.78 is 27.8. The van der Waals surface area contributed by atoms with Crippen molar-refractivity contribution in [3.05, 3.63) is 14.7 Å². The number of halogens is 1. The molecule has 0 radical (unpaired) electrons. The number of nitrogens with one attached hydrogen (secondary N) is 2. The molecule has 0 amide bonds. The van der Waals surface area contributed by atoms with Crippen molar-refractivity contribution in [2.75, 3.05) is 13.1 Å². The van der Waals surface area contributed by atoms with E-state index >= 15 is 0 Å². The number of unbranched alkanes of at least 4 members (excludes halogenated alkanes) is 3. The minimum atomic E-state index is -3.40. The normalized spacial score (nSPS) is 11.9. The van der Waals surface area contributed by atoms with Crippen LogP contribution in [0.1, 0.15) is 44.4 Å². The molecule has 2 N–H and O–H groups in total. The maximum absolute atomic E-state index is 12.2. The molecule has 0 aliphatic rings. The summed E-state index contributed by atoms with van der Waals surface area (Å²) in [5.41, 5.74) is 0. The van der Waals surface area contributed by atoms with E-state index in [1.165, 1.54) is 11.3 Å². The summed E-state index contributed by atoms with van der Waals surface area (Å²) in [6, 6.07) is 1.74. The molecule has 1 rings (SSSR count). The average Bonchev–Trinajstić information content (AvgIpc) is 2.78. The van der Waals surface area contributed by atoms with Crippen molar-refractivity contribution in [1.82, 2.24) is 10.0 Å². The van der Waals surface area contributed by atoms with Gasteiger partial charge in [-0.3, -0.25) is 0 Å². The molecule has 4 nitrogen and oxygen atoms in total. The Labute approximate surface area is 134 Å². The van der Waals surface area contributed by atoms with Crippen LogP contribution in [-0.4, -0.2) is 21.5 Å². The second kappa shape index (κ2) is 9.15. The number of hydrogen-bond donors (Lipinski definition) is 2. The molecule has 0 unspecified atom stereocenters. The largest absolute Gasteiger partial charge is 0.312 e. The number of sulfonamides is 1. The second-order valence-electron chi connectivity index (χ2n) is 4.59. The molecule has 20 heavy (non-hydrogen) atoms. The lowest BCUT2D eigenvalue weighted by molar-refractivity contribution is 0.573. The standard InChI is InChI=1S/C13H23BrN2O2S2/c1-3-5-6-7-8-16-20(17,18)12-9-11(10-15-4-2)19-13(12)14/h9,15-16H,3-8,10H2,1-2H3. The molecular weight excluding hydrogens is 360 g/mol. The average molecular weight is 383 g/mol. The predicted molar refractivity (Wildman–Crippen MR) is 88.7 cm³/mol. The fourth-order valence-corrected chi connectivity index (χ4v) is 5.48. The van der Waals surface area contributed by atoms with E-state index in [-0.39, 0.29) is 0 Å². The van der Waals surface area contributed by atoms with Gasteiger partial charge in [-0.25, -0.2) is 13.1 Å². The van der Waals surface area contributed by atoms with Gasteiger partial charge in [-0.2, -0.15) is 0 Å². The molecule has 0 aliphatic carbocycles. The van der Waals surface area contributed by atoms with E-state index in [4.69, 9.17) is 0 Å². The molecule has 1 aromatic rings. The molecule has 1 heterocycles. The van der Waals surface area contributed by atoms with E-state index in [0.717, 1.165) is 37.1 Å². The van der Waals surface area contributed by atoms with Crippen molar-refractivity contribution in [2.24, 2.45) is 0 Å².